The average Bonchev–Trinajstić information content (AvgIpc) is 3.23. The molecule has 28 heavy (non-hydrogen) atoms. The number of rotatable bonds is 6. The lowest BCUT2D eigenvalue weighted by Crippen LogP contribution is -2.48. The van der Waals surface area contributed by atoms with E-state index in [2.05, 4.69) is 15.0 Å². The van der Waals surface area contributed by atoms with Crippen LogP contribution in [0.3, 0.4) is 0 Å². The molecule has 7 heteroatoms. The number of piperazine rings is 1. The molecule has 0 N–H and O–H groups in total. The molecule has 144 valence electrons. The minimum absolute atomic E-state index is 0.153. The van der Waals surface area contributed by atoms with Crippen LogP contribution in [-0.2, 0) is 13.2 Å². The smallest absolute Gasteiger partial charge is 0.292 e. The topological polar surface area (TPSA) is 71.7 Å². The van der Waals surface area contributed by atoms with Gasteiger partial charge >= 0.3 is 0 Å². The summed E-state index contributed by atoms with van der Waals surface area (Å²) >= 11 is 0. The first-order chi connectivity index (χ1) is 13.8. The van der Waals surface area contributed by atoms with Crippen molar-refractivity contribution in [1.29, 1.82) is 0 Å². The molecule has 3 aromatic rings. The molecule has 0 radical (unpaired) electrons. The molecule has 2 aromatic heterocycles. The lowest BCUT2D eigenvalue weighted by molar-refractivity contribution is 0.0587. The first-order valence-corrected chi connectivity index (χ1v) is 9.33. The highest BCUT2D eigenvalue weighted by Crippen LogP contribution is 2.16. The predicted octanol–water partition coefficient (Wildman–Crippen LogP) is 2.61. The van der Waals surface area contributed by atoms with Gasteiger partial charge in [0, 0.05) is 38.9 Å². The summed E-state index contributed by atoms with van der Waals surface area (Å²) in [4.78, 5) is 21.1. The van der Waals surface area contributed by atoms with Crippen LogP contribution in [0, 0.1) is 0 Å². The van der Waals surface area contributed by atoms with Gasteiger partial charge in [0.25, 0.3) is 11.8 Å². The quantitative estimate of drug-likeness (QED) is 0.657. The van der Waals surface area contributed by atoms with Crippen LogP contribution in [0.4, 0.5) is 0 Å². The summed E-state index contributed by atoms with van der Waals surface area (Å²) in [6, 6.07) is 17.3. The molecule has 1 aromatic carbocycles. The van der Waals surface area contributed by atoms with Gasteiger partial charge in [0.2, 0.25) is 5.76 Å². The zero-order valence-electron chi connectivity index (χ0n) is 15.5. The number of pyridine rings is 1. The van der Waals surface area contributed by atoms with Gasteiger partial charge in [0.15, 0.2) is 0 Å². The average molecular weight is 378 g/mol. The van der Waals surface area contributed by atoms with Gasteiger partial charge in [-0.25, -0.2) is 0 Å². The van der Waals surface area contributed by atoms with E-state index < -0.39 is 0 Å². The molecule has 1 saturated heterocycles. The number of hydrogen-bond acceptors (Lipinski definition) is 6. The van der Waals surface area contributed by atoms with Crippen molar-refractivity contribution in [3.8, 4) is 5.88 Å². The summed E-state index contributed by atoms with van der Waals surface area (Å²) in [5.41, 5.74) is 2.07. The minimum Gasteiger partial charge on any atom is -0.471 e. The second kappa shape index (κ2) is 8.67. The fourth-order valence-electron chi connectivity index (χ4n) is 3.14. The van der Waals surface area contributed by atoms with Crippen molar-refractivity contribution in [1.82, 2.24) is 19.9 Å². The van der Waals surface area contributed by atoms with E-state index in [9.17, 15) is 4.79 Å². The van der Waals surface area contributed by atoms with E-state index in [1.165, 1.54) is 0 Å². The van der Waals surface area contributed by atoms with Crippen LogP contribution in [0.15, 0.2) is 65.3 Å². The molecule has 0 atom stereocenters. The molecule has 0 spiro atoms. The number of amides is 1. The molecule has 0 bridgehead atoms. The van der Waals surface area contributed by atoms with E-state index in [0.29, 0.717) is 25.6 Å². The molecule has 1 aliphatic rings. The van der Waals surface area contributed by atoms with Crippen molar-refractivity contribution in [2.24, 2.45) is 0 Å². The Kier molecular flexibility index (Phi) is 5.63. The maximum absolute atomic E-state index is 12.7. The Labute approximate surface area is 163 Å². The van der Waals surface area contributed by atoms with Crippen molar-refractivity contribution < 1.29 is 14.1 Å². The number of aromatic nitrogens is 2. The molecule has 0 saturated carbocycles. The third-order valence-corrected chi connectivity index (χ3v) is 4.70. The van der Waals surface area contributed by atoms with Crippen LogP contribution in [-0.4, -0.2) is 52.0 Å². The molecule has 1 fully saturated rings. The maximum Gasteiger partial charge on any atom is 0.292 e. The van der Waals surface area contributed by atoms with Crippen molar-refractivity contribution in [3.05, 3.63) is 77.8 Å². The first kappa shape index (κ1) is 18.2. The van der Waals surface area contributed by atoms with Gasteiger partial charge in [0.1, 0.15) is 6.61 Å². The molecule has 4 rings (SSSR count). The molecule has 1 amide bonds. The molecule has 3 heterocycles. The third-order valence-electron chi connectivity index (χ3n) is 4.70. The SMILES string of the molecule is O=C(c1cc(OCc2ccccc2)no1)N1CCN(Cc2ccccn2)CC1. The second-order valence-electron chi connectivity index (χ2n) is 6.69. The van der Waals surface area contributed by atoms with Crippen LogP contribution >= 0.6 is 0 Å². The van der Waals surface area contributed by atoms with E-state index >= 15 is 0 Å². The van der Waals surface area contributed by atoms with Gasteiger partial charge in [-0.15, -0.1) is 0 Å². The summed E-state index contributed by atoms with van der Waals surface area (Å²) in [7, 11) is 0. The summed E-state index contributed by atoms with van der Waals surface area (Å²) in [6.07, 6.45) is 1.80. The van der Waals surface area contributed by atoms with E-state index in [4.69, 9.17) is 9.26 Å². The zero-order valence-corrected chi connectivity index (χ0v) is 15.5. The molecule has 7 nitrogen and oxygen atoms in total. The van der Waals surface area contributed by atoms with E-state index in [1.54, 1.807) is 17.2 Å². The number of carbonyl (C=O) groups is 1. The summed E-state index contributed by atoms with van der Waals surface area (Å²) in [6.45, 7) is 4.07. The van der Waals surface area contributed by atoms with Crippen LogP contribution in [0.5, 0.6) is 5.88 Å². The molecule has 0 unspecified atom stereocenters. The molecule has 0 aliphatic carbocycles. The lowest BCUT2D eigenvalue weighted by Gasteiger charge is -2.33. The molecular formula is C21H22N4O3. The first-order valence-electron chi connectivity index (χ1n) is 9.33. The van der Waals surface area contributed by atoms with Gasteiger partial charge in [-0.3, -0.25) is 14.7 Å². The monoisotopic (exact) mass is 378 g/mol. The summed E-state index contributed by atoms with van der Waals surface area (Å²) in [5.74, 6) is 0.377. The number of carbonyl (C=O) groups excluding carboxylic acids is 1. The number of nitrogens with zero attached hydrogens (tertiary/aromatic N) is 4. The number of hydrogen-bond donors (Lipinski definition) is 0. The standard InChI is InChI=1S/C21H22N4O3/c26-21(19-14-20(23-28-19)27-16-17-6-2-1-3-7-17)25-12-10-24(11-13-25)15-18-8-4-5-9-22-18/h1-9,14H,10-13,15-16H2. The maximum atomic E-state index is 12.7. The highest BCUT2D eigenvalue weighted by atomic mass is 16.5. The number of benzene rings is 1. The van der Waals surface area contributed by atoms with Crippen molar-refractivity contribution in [2.45, 2.75) is 13.2 Å². The minimum atomic E-state index is -0.153. The van der Waals surface area contributed by atoms with Crippen molar-refractivity contribution >= 4 is 5.91 Å². The Morgan fingerprint density at radius 1 is 1.04 bits per heavy atom. The number of ether oxygens (including phenoxy) is 1. The van der Waals surface area contributed by atoms with E-state index in [0.717, 1.165) is 30.9 Å². The van der Waals surface area contributed by atoms with Crippen molar-refractivity contribution in [3.63, 3.8) is 0 Å². The summed E-state index contributed by atoms with van der Waals surface area (Å²) < 4.78 is 10.8. The fraction of sp³-hybridized carbons (Fsp3) is 0.286. The zero-order chi connectivity index (χ0) is 19.2. The third kappa shape index (κ3) is 4.55. The normalized spacial score (nSPS) is 14.8. The van der Waals surface area contributed by atoms with E-state index in [1.807, 2.05) is 48.5 Å². The van der Waals surface area contributed by atoms with Crippen molar-refractivity contribution in [2.75, 3.05) is 26.2 Å². The highest BCUT2D eigenvalue weighted by molar-refractivity contribution is 5.91. The van der Waals surface area contributed by atoms with Crippen LogP contribution in [0.25, 0.3) is 0 Å². The van der Waals surface area contributed by atoms with Gasteiger partial charge in [-0.05, 0) is 22.9 Å². The highest BCUT2D eigenvalue weighted by Gasteiger charge is 2.25. The molecule has 1 aliphatic heterocycles. The predicted molar refractivity (Wildman–Crippen MR) is 103 cm³/mol. The van der Waals surface area contributed by atoms with E-state index in [-0.39, 0.29) is 11.7 Å². The van der Waals surface area contributed by atoms with Crippen LogP contribution in [0.1, 0.15) is 21.8 Å². The second-order valence-corrected chi connectivity index (χ2v) is 6.69. The Morgan fingerprint density at radius 2 is 1.82 bits per heavy atom. The van der Waals surface area contributed by atoms with Gasteiger partial charge in [-0.2, -0.15) is 0 Å². The Bertz CT molecular complexity index is 890. The molecular weight excluding hydrogens is 356 g/mol. The fourth-order valence-corrected chi connectivity index (χ4v) is 3.14. The Hall–Kier alpha value is -3.19. The largest absolute Gasteiger partial charge is 0.471 e. The Morgan fingerprint density at radius 3 is 2.57 bits per heavy atom. The van der Waals surface area contributed by atoms with Crippen LogP contribution in [0.2, 0.25) is 0 Å². The van der Waals surface area contributed by atoms with Gasteiger partial charge < -0.3 is 14.2 Å². The lowest BCUT2D eigenvalue weighted by atomic mass is 10.2. The Balaban J connectivity index is 1.28. The van der Waals surface area contributed by atoms with Crippen LogP contribution < -0.4 is 4.74 Å². The summed E-state index contributed by atoms with van der Waals surface area (Å²) in [5, 5.41) is 3.85. The van der Waals surface area contributed by atoms with Gasteiger partial charge in [0.05, 0.1) is 11.8 Å². The van der Waals surface area contributed by atoms with Gasteiger partial charge in [-0.1, -0.05) is 36.4 Å².